The van der Waals surface area contributed by atoms with Gasteiger partial charge in [-0.3, -0.25) is 0 Å². The topological polar surface area (TPSA) is 52.6 Å². The van der Waals surface area contributed by atoms with Crippen LogP contribution in [0.5, 0.6) is 0 Å². The molecule has 1 aliphatic rings. The Bertz CT molecular complexity index is 431. The smallest absolute Gasteiger partial charge is 0.321 e. The van der Waals surface area contributed by atoms with E-state index in [1.807, 2.05) is 35.4 Å². The van der Waals surface area contributed by atoms with Crippen molar-refractivity contribution >= 4 is 23.5 Å². The number of para-hydroxylation sites is 1. The summed E-state index contributed by atoms with van der Waals surface area (Å²) >= 11 is 1.62. The van der Waals surface area contributed by atoms with E-state index in [1.165, 1.54) is 0 Å². The number of hydrogen-bond donors (Lipinski definition) is 2. The lowest BCUT2D eigenvalue weighted by atomic mass is 9.98. The zero-order chi connectivity index (χ0) is 13.7. The Kier molecular flexibility index (Phi) is 5.10. The van der Waals surface area contributed by atoms with Gasteiger partial charge in [-0.1, -0.05) is 12.1 Å². The fourth-order valence-electron chi connectivity index (χ4n) is 2.26. The maximum atomic E-state index is 12.2. The molecule has 1 fully saturated rings. The van der Waals surface area contributed by atoms with Gasteiger partial charge in [-0.05, 0) is 37.1 Å². The molecule has 104 valence electrons. The van der Waals surface area contributed by atoms with E-state index in [0.717, 1.165) is 36.5 Å². The minimum absolute atomic E-state index is 0.0436. The van der Waals surface area contributed by atoms with Crippen LogP contribution in [0.25, 0.3) is 0 Å². The maximum absolute atomic E-state index is 12.2. The Morgan fingerprint density at radius 2 is 2.11 bits per heavy atom. The highest BCUT2D eigenvalue weighted by Gasteiger charge is 2.22. The molecule has 0 bridgehead atoms. The average molecular weight is 280 g/mol. The number of thioether (sulfide) groups is 1. The Hall–Kier alpha value is -1.20. The molecule has 1 aromatic rings. The summed E-state index contributed by atoms with van der Waals surface area (Å²) in [5.74, 6) is 0.350. The molecule has 0 atom stereocenters. The van der Waals surface area contributed by atoms with Crippen LogP contribution in [-0.2, 0) is 0 Å². The molecule has 0 aromatic heterocycles. The van der Waals surface area contributed by atoms with E-state index in [2.05, 4.69) is 5.32 Å². The number of hydrogen-bond acceptors (Lipinski definition) is 3. The molecule has 1 saturated heterocycles. The van der Waals surface area contributed by atoms with E-state index in [9.17, 15) is 4.79 Å². The number of carbonyl (C=O) groups excluding carboxylic acids is 1. The molecule has 2 rings (SSSR count). The van der Waals surface area contributed by atoms with Crippen LogP contribution >= 0.6 is 11.8 Å². The zero-order valence-electron chi connectivity index (χ0n) is 11.1. The third-order valence-electron chi connectivity index (χ3n) is 3.51. The standard InChI is InChI=1S/C14H20N2O2S/c1-19-13-5-3-2-4-12(13)15-14(18)16-8-6-11(10-17)7-9-16/h2-5,11,17H,6-10H2,1H3,(H,15,18). The zero-order valence-corrected chi connectivity index (χ0v) is 11.9. The molecule has 0 unspecified atom stereocenters. The number of aliphatic hydroxyl groups is 1. The molecule has 1 aliphatic heterocycles. The predicted octanol–water partition coefficient (Wildman–Crippen LogP) is 2.64. The molecular formula is C14H20N2O2S. The molecule has 2 amide bonds. The van der Waals surface area contributed by atoms with Gasteiger partial charge in [0.1, 0.15) is 0 Å². The molecule has 2 N–H and O–H groups in total. The molecular weight excluding hydrogens is 260 g/mol. The second kappa shape index (κ2) is 6.82. The number of amides is 2. The number of piperidine rings is 1. The number of benzene rings is 1. The summed E-state index contributed by atoms with van der Waals surface area (Å²) < 4.78 is 0. The van der Waals surface area contributed by atoms with Crippen molar-refractivity contribution in [2.75, 3.05) is 31.3 Å². The lowest BCUT2D eigenvalue weighted by Crippen LogP contribution is -2.41. The van der Waals surface area contributed by atoms with Gasteiger partial charge in [-0.25, -0.2) is 4.79 Å². The van der Waals surface area contributed by atoms with Crippen molar-refractivity contribution in [1.82, 2.24) is 4.90 Å². The summed E-state index contributed by atoms with van der Waals surface area (Å²) in [5.41, 5.74) is 0.865. The van der Waals surface area contributed by atoms with E-state index >= 15 is 0 Å². The monoisotopic (exact) mass is 280 g/mol. The van der Waals surface area contributed by atoms with Crippen molar-refractivity contribution in [3.8, 4) is 0 Å². The summed E-state index contributed by atoms with van der Waals surface area (Å²) in [6, 6.07) is 7.77. The van der Waals surface area contributed by atoms with Crippen LogP contribution < -0.4 is 5.32 Å². The van der Waals surface area contributed by atoms with Gasteiger partial charge in [0.2, 0.25) is 0 Å². The Labute approximate surface area is 118 Å². The molecule has 1 heterocycles. The highest BCUT2D eigenvalue weighted by molar-refractivity contribution is 7.98. The van der Waals surface area contributed by atoms with E-state index in [1.54, 1.807) is 11.8 Å². The third kappa shape index (κ3) is 3.64. The SMILES string of the molecule is CSc1ccccc1NC(=O)N1CCC(CO)CC1. The highest BCUT2D eigenvalue weighted by atomic mass is 32.2. The van der Waals surface area contributed by atoms with Crippen molar-refractivity contribution in [3.63, 3.8) is 0 Å². The molecule has 19 heavy (non-hydrogen) atoms. The van der Waals surface area contributed by atoms with E-state index in [0.29, 0.717) is 5.92 Å². The summed E-state index contributed by atoms with van der Waals surface area (Å²) in [4.78, 5) is 15.1. The Morgan fingerprint density at radius 3 is 2.74 bits per heavy atom. The molecule has 0 aliphatic carbocycles. The number of nitrogens with zero attached hydrogens (tertiary/aromatic N) is 1. The van der Waals surface area contributed by atoms with Crippen LogP contribution in [0.2, 0.25) is 0 Å². The first-order valence-electron chi connectivity index (χ1n) is 6.54. The second-order valence-electron chi connectivity index (χ2n) is 4.74. The van der Waals surface area contributed by atoms with Crippen LogP contribution in [0.15, 0.2) is 29.2 Å². The first-order valence-corrected chi connectivity index (χ1v) is 7.77. The third-order valence-corrected chi connectivity index (χ3v) is 4.30. The number of carbonyl (C=O) groups is 1. The fraction of sp³-hybridized carbons (Fsp3) is 0.500. The second-order valence-corrected chi connectivity index (χ2v) is 5.59. The predicted molar refractivity (Wildman–Crippen MR) is 78.6 cm³/mol. The van der Waals surface area contributed by atoms with Crippen molar-refractivity contribution in [2.45, 2.75) is 17.7 Å². The van der Waals surface area contributed by atoms with E-state index < -0.39 is 0 Å². The minimum atomic E-state index is -0.0436. The lowest BCUT2D eigenvalue weighted by Gasteiger charge is -2.31. The fourth-order valence-corrected chi connectivity index (χ4v) is 2.81. The van der Waals surface area contributed by atoms with Crippen LogP contribution in [0.1, 0.15) is 12.8 Å². The number of rotatable bonds is 3. The van der Waals surface area contributed by atoms with Crippen molar-refractivity contribution in [2.24, 2.45) is 5.92 Å². The number of nitrogens with one attached hydrogen (secondary N) is 1. The number of urea groups is 1. The first-order chi connectivity index (χ1) is 9.24. The van der Waals surface area contributed by atoms with Crippen molar-refractivity contribution in [3.05, 3.63) is 24.3 Å². The van der Waals surface area contributed by atoms with Crippen LogP contribution in [0.3, 0.4) is 0 Å². The van der Waals surface area contributed by atoms with Crippen molar-refractivity contribution < 1.29 is 9.90 Å². The molecule has 4 nitrogen and oxygen atoms in total. The van der Waals surface area contributed by atoms with Gasteiger partial charge in [-0.15, -0.1) is 11.8 Å². The van der Waals surface area contributed by atoms with Crippen molar-refractivity contribution in [1.29, 1.82) is 0 Å². The first kappa shape index (κ1) is 14.2. The number of likely N-dealkylation sites (tertiary alicyclic amines) is 1. The normalized spacial score (nSPS) is 16.4. The summed E-state index contributed by atoms with van der Waals surface area (Å²) in [7, 11) is 0. The quantitative estimate of drug-likeness (QED) is 0.837. The van der Waals surface area contributed by atoms with E-state index in [4.69, 9.17) is 5.11 Å². The van der Waals surface area contributed by atoms with Gasteiger partial charge in [0.05, 0.1) is 5.69 Å². The number of aliphatic hydroxyl groups excluding tert-OH is 1. The van der Waals surface area contributed by atoms with Gasteiger partial charge in [-0.2, -0.15) is 0 Å². The largest absolute Gasteiger partial charge is 0.396 e. The molecule has 0 spiro atoms. The summed E-state index contributed by atoms with van der Waals surface area (Å²) in [6.45, 7) is 1.67. The van der Waals surface area contributed by atoms with Gasteiger partial charge >= 0.3 is 6.03 Å². The molecule has 0 radical (unpaired) electrons. The maximum Gasteiger partial charge on any atom is 0.321 e. The highest BCUT2D eigenvalue weighted by Crippen LogP contribution is 2.25. The summed E-state index contributed by atoms with van der Waals surface area (Å²) in [5, 5.41) is 12.1. The molecule has 5 heteroatoms. The van der Waals surface area contributed by atoms with Crippen LogP contribution in [0, 0.1) is 5.92 Å². The molecule has 1 aromatic carbocycles. The lowest BCUT2D eigenvalue weighted by molar-refractivity contribution is 0.143. The Balaban J connectivity index is 1.94. The van der Waals surface area contributed by atoms with Gasteiger partial charge < -0.3 is 15.3 Å². The van der Waals surface area contributed by atoms with Gasteiger partial charge in [0.15, 0.2) is 0 Å². The average Bonchev–Trinajstić information content (AvgIpc) is 2.48. The summed E-state index contributed by atoms with van der Waals surface area (Å²) in [6.07, 6.45) is 3.76. The number of anilines is 1. The van der Waals surface area contributed by atoms with Gasteiger partial charge in [0.25, 0.3) is 0 Å². The Morgan fingerprint density at radius 1 is 1.42 bits per heavy atom. The minimum Gasteiger partial charge on any atom is -0.396 e. The van der Waals surface area contributed by atoms with Crippen LogP contribution in [-0.4, -0.2) is 42.0 Å². The van der Waals surface area contributed by atoms with Crippen LogP contribution in [0.4, 0.5) is 10.5 Å². The molecule has 0 saturated carbocycles. The van der Waals surface area contributed by atoms with E-state index in [-0.39, 0.29) is 12.6 Å². The van der Waals surface area contributed by atoms with Gasteiger partial charge in [0, 0.05) is 24.6 Å².